The van der Waals surface area contributed by atoms with Gasteiger partial charge in [0, 0.05) is 19.0 Å². The fourth-order valence-corrected chi connectivity index (χ4v) is 4.34. The van der Waals surface area contributed by atoms with E-state index >= 15 is 0 Å². The van der Waals surface area contributed by atoms with Crippen LogP contribution in [0.15, 0.2) is 9.29 Å². The number of benzene rings is 1. The van der Waals surface area contributed by atoms with Crippen LogP contribution in [0.25, 0.3) is 0 Å². The normalized spacial score (nSPS) is 17.1. The lowest BCUT2D eigenvalue weighted by Crippen LogP contribution is -2.29. The highest BCUT2D eigenvalue weighted by atomic mass is 32.2. The van der Waals surface area contributed by atoms with E-state index in [1.54, 1.807) is 13.8 Å². The summed E-state index contributed by atoms with van der Waals surface area (Å²) in [5.74, 6) is 0.665. The SMILES string of the molecule is CN/C(N)=N/S(=O)(=O)c1c(C)c(C)c2c(c1C)CC(C)(C)O2. The standard InChI is InChI=1S/C15H23N3O3S/c1-8-9(2)13(22(19,20)18-14(16)17-6)10(3)11-7-15(4,5)21-12(8)11/h7H2,1-6H3,(H3,16,17,18). The van der Waals surface area contributed by atoms with E-state index in [9.17, 15) is 8.42 Å². The van der Waals surface area contributed by atoms with Crippen molar-refractivity contribution in [1.29, 1.82) is 0 Å². The van der Waals surface area contributed by atoms with E-state index in [2.05, 4.69) is 9.71 Å². The Balaban J connectivity index is 2.74. The molecule has 122 valence electrons. The van der Waals surface area contributed by atoms with Crippen molar-refractivity contribution in [3.63, 3.8) is 0 Å². The molecule has 0 bridgehead atoms. The molecule has 0 amide bonds. The van der Waals surface area contributed by atoms with E-state index in [-0.39, 0.29) is 16.5 Å². The molecule has 6 nitrogen and oxygen atoms in total. The Morgan fingerprint density at radius 3 is 2.36 bits per heavy atom. The lowest BCUT2D eigenvalue weighted by molar-refractivity contribution is 0.137. The molecule has 0 saturated heterocycles. The predicted molar refractivity (Wildman–Crippen MR) is 86.9 cm³/mol. The van der Waals surface area contributed by atoms with E-state index in [0.29, 0.717) is 17.5 Å². The quantitative estimate of drug-likeness (QED) is 0.635. The van der Waals surface area contributed by atoms with E-state index in [0.717, 1.165) is 16.9 Å². The first kappa shape index (κ1) is 16.6. The first-order valence-corrected chi connectivity index (χ1v) is 8.54. The second-order valence-electron chi connectivity index (χ2n) is 6.25. The molecule has 0 fully saturated rings. The second-order valence-corrected chi connectivity index (χ2v) is 7.79. The van der Waals surface area contributed by atoms with Gasteiger partial charge in [-0.25, -0.2) is 0 Å². The highest BCUT2D eigenvalue weighted by Crippen LogP contribution is 2.44. The maximum atomic E-state index is 12.6. The number of nitrogens with zero attached hydrogens (tertiary/aromatic N) is 1. The molecule has 2 rings (SSSR count). The number of hydrogen-bond donors (Lipinski definition) is 2. The highest BCUT2D eigenvalue weighted by Gasteiger charge is 2.36. The van der Waals surface area contributed by atoms with Crippen molar-refractivity contribution in [3.05, 3.63) is 22.3 Å². The van der Waals surface area contributed by atoms with Crippen LogP contribution in [0, 0.1) is 20.8 Å². The van der Waals surface area contributed by atoms with Crippen LogP contribution in [0.2, 0.25) is 0 Å². The van der Waals surface area contributed by atoms with Crippen molar-refractivity contribution in [2.45, 2.75) is 51.5 Å². The molecule has 1 aliphatic heterocycles. The molecule has 1 aliphatic rings. The summed E-state index contributed by atoms with van der Waals surface area (Å²) < 4.78 is 34.8. The van der Waals surface area contributed by atoms with E-state index in [1.807, 2.05) is 20.8 Å². The Morgan fingerprint density at radius 2 is 1.82 bits per heavy atom. The molecule has 0 saturated carbocycles. The number of hydrogen-bond acceptors (Lipinski definition) is 3. The smallest absolute Gasteiger partial charge is 0.286 e. The average molecular weight is 325 g/mol. The van der Waals surface area contributed by atoms with Crippen LogP contribution in [0.5, 0.6) is 5.75 Å². The minimum atomic E-state index is -3.87. The van der Waals surface area contributed by atoms with Crippen LogP contribution in [0.3, 0.4) is 0 Å². The second kappa shape index (κ2) is 5.15. The van der Waals surface area contributed by atoms with Crippen LogP contribution >= 0.6 is 0 Å². The van der Waals surface area contributed by atoms with Crippen molar-refractivity contribution < 1.29 is 13.2 Å². The van der Waals surface area contributed by atoms with Crippen molar-refractivity contribution >= 4 is 16.0 Å². The van der Waals surface area contributed by atoms with Crippen molar-refractivity contribution in [2.75, 3.05) is 7.05 Å². The largest absolute Gasteiger partial charge is 0.487 e. The zero-order valence-corrected chi connectivity index (χ0v) is 14.7. The summed E-state index contributed by atoms with van der Waals surface area (Å²) in [7, 11) is -2.34. The maximum Gasteiger partial charge on any atom is 0.286 e. The minimum Gasteiger partial charge on any atom is -0.487 e. The molecule has 0 atom stereocenters. The van der Waals surface area contributed by atoms with Gasteiger partial charge in [-0.1, -0.05) is 0 Å². The van der Waals surface area contributed by atoms with Crippen LogP contribution in [0.4, 0.5) is 0 Å². The minimum absolute atomic E-state index is 0.131. The molecule has 0 aromatic heterocycles. The Hall–Kier alpha value is -1.76. The summed E-state index contributed by atoms with van der Waals surface area (Å²) in [6, 6.07) is 0. The summed E-state index contributed by atoms with van der Waals surface area (Å²) in [6.45, 7) is 9.43. The van der Waals surface area contributed by atoms with Gasteiger partial charge in [0.2, 0.25) is 5.96 Å². The number of rotatable bonds is 2. The molecular formula is C15H23N3O3S. The molecule has 7 heteroatoms. The molecule has 3 N–H and O–H groups in total. The van der Waals surface area contributed by atoms with Crippen LogP contribution in [-0.2, 0) is 16.4 Å². The van der Waals surface area contributed by atoms with Gasteiger partial charge in [0.25, 0.3) is 10.0 Å². The summed E-state index contributed by atoms with van der Waals surface area (Å²) >= 11 is 0. The fourth-order valence-electron chi connectivity index (χ4n) is 2.85. The fraction of sp³-hybridized carbons (Fsp3) is 0.533. The number of nitrogens with one attached hydrogen (secondary N) is 1. The lowest BCUT2D eigenvalue weighted by atomic mass is 9.94. The number of nitrogens with two attached hydrogens (primary N) is 1. The Labute approximate surface area is 131 Å². The average Bonchev–Trinajstić information content (AvgIpc) is 2.72. The summed E-state index contributed by atoms with van der Waals surface area (Å²) in [5, 5.41) is 2.53. The zero-order chi connectivity index (χ0) is 16.9. The molecule has 0 spiro atoms. The van der Waals surface area contributed by atoms with Crippen LogP contribution in [0.1, 0.15) is 36.1 Å². The van der Waals surface area contributed by atoms with Crippen molar-refractivity contribution in [1.82, 2.24) is 5.32 Å². The number of ether oxygens (including phenoxy) is 1. The van der Waals surface area contributed by atoms with Gasteiger partial charge in [-0.05, 0) is 51.3 Å². The van der Waals surface area contributed by atoms with Crippen molar-refractivity contribution in [2.24, 2.45) is 10.1 Å². The number of sulfonamides is 1. The third-order valence-electron chi connectivity index (χ3n) is 4.02. The first-order valence-electron chi connectivity index (χ1n) is 7.10. The Kier molecular flexibility index (Phi) is 3.89. The third kappa shape index (κ3) is 2.65. The van der Waals surface area contributed by atoms with E-state index in [4.69, 9.17) is 10.5 Å². The molecule has 0 unspecified atom stereocenters. The molecule has 0 radical (unpaired) electrons. The molecule has 1 heterocycles. The molecule has 22 heavy (non-hydrogen) atoms. The van der Waals surface area contributed by atoms with Gasteiger partial charge < -0.3 is 15.8 Å². The lowest BCUT2D eigenvalue weighted by Gasteiger charge is -2.18. The topological polar surface area (TPSA) is 93.8 Å². The van der Waals surface area contributed by atoms with Gasteiger partial charge in [-0.2, -0.15) is 8.42 Å². The number of guanidine groups is 1. The Bertz CT molecular complexity index is 765. The first-order chi connectivity index (χ1) is 10.00. The van der Waals surface area contributed by atoms with Crippen molar-refractivity contribution in [3.8, 4) is 5.75 Å². The van der Waals surface area contributed by atoms with Gasteiger partial charge in [-0.15, -0.1) is 4.40 Å². The third-order valence-corrected chi connectivity index (χ3v) is 5.59. The highest BCUT2D eigenvalue weighted by molar-refractivity contribution is 7.90. The molecule has 0 aliphatic carbocycles. The molecule has 1 aromatic rings. The maximum absolute atomic E-state index is 12.6. The summed E-state index contributed by atoms with van der Waals surface area (Å²) in [6.07, 6.45) is 0.670. The van der Waals surface area contributed by atoms with E-state index in [1.165, 1.54) is 7.05 Å². The van der Waals surface area contributed by atoms with Gasteiger partial charge in [0.05, 0.1) is 4.90 Å². The van der Waals surface area contributed by atoms with E-state index < -0.39 is 10.0 Å². The Morgan fingerprint density at radius 1 is 1.23 bits per heavy atom. The molecular weight excluding hydrogens is 302 g/mol. The molecule has 1 aromatic carbocycles. The van der Waals surface area contributed by atoms with Crippen LogP contribution in [-0.4, -0.2) is 27.0 Å². The van der Waals surface area contributed by atoms with Gasteiger partial charge in [0.15, 0.2) is 0 Å². The zero-order valence-electron chi connectivity index (χ0n) is 13.9. The monoisotopic (exact) mass is 325 g/mol. The van der Waals surface area contributed by atoms with Gasteiger partial charge >= 0.3 is 0 Å². The predicted octanol–water partition coefficient (Wildman–Crippen LogP) is 1.55. The van der Waals surface area contributed by atoms with Gasteiger partial charge in [0.1, 0.15) is 11.4 Å². The summed E-state index contributed by atoms with van der Waals surface area (Å²) in [5.41, 5.74) is 8.31. The van der Waals surface area contributed by atoms with Crippen LogP contribution < -0.4 is 15.8 Å². The van der Waals surface area contributed by atoms with Gasteiger partial charge in [-0.3, -0.25) is 0 Å². The summed E-state index contributed by atoms with van der Waals surface area (Å²) in [4.78, 5) is 0.225. The number of fused-ring (bicyclic) bond motifs is 1.